The van der Waals surface area contributed by atoms with Crippen molar-refractivity contribution >= 4 is 195 Å². The van der Waals surface area contributed by atoms with Crippen molar-refractivity contribution in [2.45, 2.75) is 52.4 Å². The van der Waals surface area contributed by atoms with Gasteiger partial charge in [0.1, 0.15) is 0 Å². The second-order valence-electron chi connectivity index (χ2n) is 31.1. The van der Waals surface area contributed by atoms with E-state index in [1.165, 1.54) is 74.4 Å². The van der Waals surface area contributed by atoms with Crippen LogP contribution in [0.15, 0.2) is 390 Å². The van der Waals surface area contributed by atoms with Gasteiger partial charge in [0.15, 0.2) is 0 Å². The fourth-order valence-corrected chi connectivity index (χ4v) is 17.6. The van der Waals surface area contributed by atoms with Gasteiger partial charge in [-0.15, -0.1) is 88.4 Å². The molecule has 18 aromatic rings. The number of ether oxygens (including phenoxy) is 4. The average Bonchev–Trinajstić information content (AvgIpc) is 1.62. The molecule has 0 aliphatic rings. The third-order valence-electron chi connectivity index (χ3n) is 20.7. The number of nitrogens with zero attached hydrogens (tertiary/aromatic N) is 14. The number of anilines is 6. The van der Waals surface area contributed by atoms with Crippen molar-refractivity contribution in [2.75, 3.05) is 39.2 Å². The number of thiazole rings is 6. The highest BCUT2D eigenvalue weighted by Gasteiger charge is 2.20. The van der Waals surface area contributed by atoms with Crippen LogP contribution in [0.4, 0.5) is 42.2 Å². The minimum Gasteiger partial charge on any atom is -0.412 e. The van der Waals surface area contributed by atoms with Crippen LogP contribution < -0.4 is 32.6 Å². The van der Waals surface area contributed by atoms with Crippen LogP contribution in [-0.2, 0) is 76.7 Å². The van der Waals surface area contributed by atoms with Gasteiger partial charge in [-0.2, -0.15) is 10.2 Å². The molecule has 6 aromatic heterocycles. The normalized spacial score (nSPS) is 11.1. The summed E-state index contributed by atoms with van der Waals surface area (Å²) in [7, 11) is 0. The van der Waals surface area contributed by atoms with Crippen LogP contribution in [0.3, 0.4) is 0 Å². The molecule has 0 aliphatic heterocycles. The number of benzene rings is 12. The summed E-state index contributed by atoms with van der Waals surface area (Å²) in [5.74, 6) is 0.522. The molecular weight excluding hydrogens is 2060 g/mol. The first-order valence-electron chi connectivity index (χ1n) is 45.4. The Morgan fingerprint density at radius 1 is 0.320 bits per heavy atom. The number of carbonyl (C=O) groups excluding carboxylic acids is 4. The molecule has 7 N–H and O–H groups in total. The molecule has 0 atom stereocenters. The first kappa shape index (κ1) is 110. The zero-order valence-electron chi connectivity index (χ0n) is 79.8. The Bertz CT molecular complexity index is 7570. The van der Waals surface area contributed by atoms with E-state index in [0.29, 0.717) is 90.4 Å². The van der Waals surface area contributed by atoms with Gasteiger partial charge in [-0.25, -0.2) is 51.6 Å². The molecule has 0 saturated heterocycles. The molecule has 0 amide bonds. The Morgan fingerprint density at radius 2 is 0.573 bits per heavy atom. The van der Waals surface area contributed by atoms with E-state index in [0.717, 1.165) is 101 Å². The van der Waals surface area contributed by atoms with E-state index in [2.05, 4.69) is 117 Å². The number of aliphatic hydroxyl groups is 1. The molecule has 0 bridgehead atoms. The van der Waals surface area contributed by atoms with E-state index in [-0.39, 0.29) is 67.4 Å². The summed E-state index contributed by atoms with van der Waals surface area (Å²) >= 11 is 20.9. The number of nitro groups is 2. The number of halogens is 2. The molecule has 0 fully saturated rings. The van der Waals surface area contributed by atoms with Crippen molar-refractivity contribution in [2.24, 2.45) is 30.6 Å². The van der Waals surface area contributed by atoms with Crippen LogP contribution in [0.1, 0.15) is 44.5 Å². The molecule has 41 heteroatoms. The third kappa shape index (κ3) is 36.0. The largest absolute Gasteiger partial charge is 0.412 e. The molecule has 0 unspecified atom stereocenters. The maximum atomic E-state index is 11.1. The topological polar surface area (TPSA) is 435 Å². The smallest absolute Gasteiger partial charge is 0.299 e. The number of para-hydroxylation sites is 2. The second-order valence-corrected chi connectivity index (χ2v) is 37.1. The number of hydrogen-bond acceptors (Lipinski definition) is 37. The number of aromatic nitrogens is 6. The predicted octanol–water partition coefficient (Wildman–Crippen LogP) is 25.8. The van der Waals surface area contributed by atoms with Crippen LogP contribution in [-0.4, -0.2) is 113 Å². The highest BCUT2D eigenvalue weighted by molar-refractivity contribution is 7.15. The quantitative estimate of drug-likeness (QED) is 0.00475. The lowest BCUT2D eigenvalue weighted by Gasteiger charge is -2.05. The van der Waals surface area contributed by atoms with E-state index in [9.17, 15) is 44.5 Å². The van der Waals surface area contributed by atoms with Crippen molar-refractivity contribution in [1.82, 2.24) is 29.9 Å². The Labute approximate surface area is 895 Å². The Kier molecular flexibility index (Phi) is 43.7. The molecular formula is C109H92Cl2N20O13S6. The van der Waals surface area contributed by atoms with Gasteiger partial charge < -0.3 is 24.1 Å². The van der Waals surface area contributed by atoms with Gasteiger partial charge >= 0.3 is 0 Å². The number of aliphatic hydroxyl groups excluding tert-OH is 1. The summed E-state index contributed by atoms with van der Waals surface area (Å²) in [6, 6.07) is 103. The first-order valence-corrected chi connectivity index (χ1v) is 51.4. The van der Waals surface area contributed by atoms with Gasteiger partial charge in [0.05, 0.1) is 82.0 Å². The number of hydrogen-bond donors (Lipinski definition) is 7. The van der Waals surface area contributed by atoms with Gasteiger partial charge in [-0.05, 0) is 59.4 Å². The van der Waals surface area contributed by atoms with Crippen molar-refractivity contribution in [3.05, 3.63) is 435 Å². The fraction of sp³-hybridized carbons (Fsp3) is 0.0826. The maximum absolute atomic E-state index is 11.1. The predicted molar refractivity (Wildman–Crippen MR) is 602 cm³/mol. The highest BCUT2D eigenvalue weighted by atomic mass is 35.5. The molecule has 12 aromatic carbocycles. The number of nitrogens with one attached hydrogen (secondary N) is 6. The summed E-state index contributed by atoms with van der Waals surface area (Å²) in [6.45, 7) is 4.98. The lowest BCUT2D eigenvalue weighted by molar-refractivity contribution is -0.385. The fourth-order valence-electron chi connectivity index (χ4n) is 13.3. The third-order valence-corrected chi connectivity index (χ3v) is 26.0. The number of hydrazone groups is 6. The zero-order chi connectivity index (χ0) is 105. The Balaban J connectivity index is 0.000000150. The van der Waals surface area contributed by atoms with Crippen LogP contribution in [0.5, 0.6) is 0 Å². The molecule has 33 nitrogen and oxygen atoms in total. The summed E-state index contributed by atoms with van der Waals surface area (Å²) < 4.78 is 19.6. The monoisotopic (exact) mass is 2150 g/mol. The Hall–Kier alpha value is -17.5. The van der Waals surface area contributed by atoms with E-state index in [1.54, 1.807) is 47.7 Å². The van der Waals surface area contributed by atoms with Gasteiger partial charge in [-0.1, -0.05) is 327 Å². The molecule has 0 radical (unpaired) electrons. The minimum atomic E-state index is -0.499. The van der Waals surface area contributed by atoms with E-state index < -0.39 is 9.85 Å². The maximum Gasteiger partial charge on any atom is 0.299 e. The first-order chi connectivity index (χ1) is 73.4. The van der Waals surface area contributed by atoms with E-state index in [1.807, 2.05) is 307 Å². The number of aryl methyl sites for hydroxylation is 2. The number of rotatable bonds is 37. The highest BCUT2D eigenvalue weighted by Crippen LogP contribution is 2.34. The zero-order valence-corrected chi connectivity index (χ0v) is 86.2. The molecule has 0 spiro atoms. The van der Waals surface area contributed by atoms with Crippen molar-refractivity contribution < 1.29 is 53.1 Å². The average molecular weight is 2150 g/mol. The lowest BCUT2D eigenvalue weighted by atomic mass is 10.1. The standard InChI is InChI=1S/C19H15ClN4O4S.C19H16ClN3O2S.C18H14N4O4S.C18H15N3O2S.C18H17N3OS.C17H15N3S/c1-12-6-7-13(8-15(12)20)16-10-29-19(21-16)23-22-18(28-11-25)9-14-4-2-3-5-17(14)24(26)27;1-13-7-8-15(10-16(13)20)17-11-26-19(21-17)23-22-18(25-12-24)9-14-5-3-2-4-6-14;23-12-26-17(10-14-8-4-5-9-16(14)22(24)25)20-21-18-19-15(11-27-18)13-6-2-1-3-7-13;22-13-23-17(11-14-7-3-1-4-8-14)20-21-18-19-16(12-24-18)15-9-5-2-6-10-15;22-12-16(11-14-7-3-1-4-8-14)20-21-18-19-17(13-23-18)15-9-5-2-6-10-15;1-3-7-14(8-4-1)11-12-18-20-17-19-16(13-21-17)15-9-5-2-6-10-15/h2-8,10-11H,9H2,1H3,(H,21,23);2-8,10-12H,9H2,1H3,(H,21,23);1-9,11-12H,10H2,(H,19,21);1-10,12-13H,11H2,(H,19,21);1-10,13,22H,11-12H2,(H,19,21);1-10,12-13H,11H2,(H,19,20)/b2*22-18+;2*20-17+;20-16+;18-12-. The van der Waals surface area contributed by atoms with Crippen LogP contribution in [0.2, 0.25) is 10.0 Å². The molecule has 0 aliphatic carbocycles. The van der Waals surface area contributed by atoms with E-state index >= 15 is 0 Å². The van der Waals surface area contributed by atoms with Gasteiger partial charge in [0.25, 0.3) is 37.3 Å². The van der Waals surface area contributed by atoms with Crippen molar-refractivity contribution in [1.29, 1.82) is 0 Å². The van der Waals surface area contributed by atoms with Gasteiger partial charge in [-0.3, -0.25) is 50.3 Å². The van der Waals surface area contributed by atoms with Crippen LogP contribution >= 0.6 is 91.2 Å². The molecule has 150 heavy (non-hydrogen) atoms. The summed E-state index contributed by atoms with van der Waals surface area (Å²) in [5, 5.41) is 73.2. The lowest BCUT2D eigenvalue weighted by Crippen LogP contribution is -2.11. The number of carbonyl (C=O) groups is 4. The van der Waals surface area contributed by atoms with Crippen LogP contribution in [0, 0.1) is 34.1 Å². The molecule has 6 heterocycles. The summed E-state index contributed by atoms with van der Waals surface area (Å²) in [5.41, 5.74) is 35.8. The molecule has 756 valence electrons. The van der Waals surface area contributed by atoms with Crippen LogP contribution in [0.25, 0.3) is 67.5 Å². The van der Waals surface area contributed by atoms with Crippen molar-refractivity contribution in [3.8, 4) is 67.5 Å². The summed E-state index contributed by atoms with van der Waals surface area (Å²) in [4.78, 5) is 91.0. The number of nitro benzene ring substituents is 2. The minimum absolute atomic E-state index is 0.00392. The van der Waals surface area contributed by atoms with Gasteiger partial charge in [0, 0.05) is 118 Å². The molecule has 0 saturated carbocycles. The summed E-state index contributed by atoms with van der Waals surface area (Å²) in [6.07, 6.45) is 4.06. The van der Waals surface area contributed by atoms with Gasteiger partial charge in [0.2, 0.25) is 54.4 Å². The van der Waals surface area contributed by atoms with Crippen molar-refractivity contribution in [3.63, 3.8) is 0 Å². The second kappa shape index (κ2) is 59.8. The van der Waals surface area contributed by atoms with E-state index in [4.69, 9.17) is 42.1 Å². The SMILES string of the molecule is C(/Cc1ccccc1)=N/Nc1nc(-c2ccccc2)cs1.Cc1ccc(-c2csc(N/N=C(\Cc3ccccc3)OC=O)n2)cc1Cl.Cc1ccc(-c2csc(N/N=C(\Cc3ccccc3[N+](=O)[O-])OC=O)n2)cc1Cl.O=CO/C(Cc1ccccc1)=N/Nc1nc(-c2ccccc2)cs1.O=CO/C(Cc1ccccc1[N+](=O)[O-])=N/Nc1nc(-c2ccccc2)cs1.OC/C(Cc1ccccc1)=N/Nc1nc(-c2ccccc2)cs1. The molecule has 18 rings (SSSR count). The Morgan fingerprint density at radius 3 is 0.860 bits per heavy atom.